The van der Waals surface area contributed by atoms with E-state index in [9.17, 15) is 0 Å². The Balaban J connectivity index is 2.10. The van der Waals surface area contributed by atoms with Crippen molar-refractivity contribution in [1.29, 1.82) is 0 Å². The van der Waals surface area contributed by atoms with E-state index >= 15 is 0 Å². The van der Waals surface area contributed by atoms with E-state index in [1.54, 1.807) is 6.07 Å². The van der Waals surface area contributed by atoms with Gasteiger partial charge >= 0.3 is 0 Å². The summed E-state index contributed by atoms with van der Waals surface area (Å²) in [6.07, 6.45) is 3.65. The second-order valence-electron chi connectivity index (χ2n) is 5.23. The minimum absolute atomic E-state index is 0.476. The zero-order valence-corrected chi connectivity index (χ0v) is 11.3. The van der Waals surface area contributed by atoms with E-state index < -0.39 is 0 Å². The predicted octanol–water partition coefficient (Wildman–Crippen LogP) is 3.33. The zero-order valence-electron chi connectivity index (χ0n) is 10.5. The van der Waals surface area contributed by atoms with E-state index in [2.05, 4.69) is 23.7 Å². The first-order valence-corrected chi connectivity index (χ1v) is 6.58. The van der Waals surface area contributed by atoms with Crippen molar-refractivity contribution in [2.45, 2.75) is 33.1 Å². The number of pyridine rings is 1. The van der Waals surface area contributed by atoms with Crippen LogP contribution in [-0.4, -0.2) is 18.1 Å². The quantitative estimate of drug-likeness (QED) is 0.822. The molecule has 0 atom stereocenters. The van der Waals surface area contributed by atoms with Crippen LogP contribution in [0.3, 0.4) is 0 Å². The second kappa shape index (κ2) is 4.73. The molecule has 1 aliphatic rings. The van der Waals surface area contributed by atoms with Crippen LogP contribution in [0.25, 0.3) is 0 Å². The van der Waals surface area contributed by atoms with Crippen LogP contribution in [0.15, 0.2) is 12.1 Å². The summed E-state index contributed by atoms with van der Waals surface area (Å²) in [5.74, 6) is 0.910. The fraction of sp³-hybridized carbons (Fsp3) is 0.615. The van der Waals surface area contributed by atoms with Crippen molar-refractivity contribution in [1.82, 2.24) is 4.98 Å². The molecule has 17 heavy (non-hydrogen) atoms. The van der Waals surface area contributed by atoms with Crippen LogP contribution in [0.5, 0.6) is 0 Å². The van der Waals surface area contributed by atoms with E-state index in [0.29, 0.717) is 16.3 Å². The molecule has 0 spiro atoms. The van der Waals surface area contributed by atoms with Gasteiger partial charge in [-0.05, 0) is 24.3 Å². The summed E-state index contributed by atoms with van der Waals surface area (Å²) < 4.78 is 0. The smallest absolute Gasteiger partial charge is 0.133 e. The molecule has 2 N–H and O–H groups in total. The van der Waals surface area contributed by atoms with Gasteiger partial charge in [-0.1, -0.05) is 31.9 Å². The molecule has 2 heterocycles. The summed E-state index contributed by atoms with van der Waals surface area (Å²) in [6.45, 7) is 6.71. The van der Waals surface area contributed by atoms with E-state index in [1.165, 1.54) is 19.3 Å². The van der Waals surface area contributed by atoms with Crippen molar-refractivity contribution in [2.24, 2.45) is 5.41 Å². The highest BCUT2D eigenvalue weighted by Crippen LogP contribution is 2.35. The lowest BCUT2D eigenvalue weighted by atomic mass is 9.78. The van der Waals surface area contributed by atoms with E-state index in [0.717, 1.165) is 18.9 Å². The Morgan fingerprint density at radius 3 is 2.59 bits per heavy atom. The van der Waals surface area contributed by atoms with Gasteiger partial charge in [-0.25, -0.2) is 4.98 Å². The molecule has 0 aromatic carbocycles. The molecule has 94 valence electrons. The molecule has 1 aliphatic heterocycles. The van der Waals surface area contributed by atoms with Gasteiger partial charge in [0.1, 0.15) is 11.0 Å². The van der Waals surface area contributed by atoms with Gasteiger partial charge in [-0.15, -0.1) is 0 Å². The molecule has 2 rings (SSSR count). The number of piperidine rings is 1. The van der Waals surface area contributed by atoms with Gasteiger partial charge in [0, 0.05) is 24.8 Å². The number of hydrogen-bond acceptors (Lipinski definition) is 3. The van der Waals surface area contributed by atoms with E-state index in [-0.39, 0.29) is 0 Å². The monoisotopic (exact) mass is 253 g/mol. The minimum atomic E-state index is 0.476. The molecule has 4 heteroatoms. The number of aromatic nitrogens is 1. The third-order valence-corrected chi connectivity index (χ3v) is 4.14. The largest absolute Gasteiger partial charge is 0.399 e. The summed E-state index contributed by atoms with van der Waals surface area (Å²) in [5, 5.41) is 0.476. The molecule has 0 amide bonds. The minimum Gasteiger partial charge on any atom is -0.399 e. The van der Waals surface area contributed by atoms with Crippen LogP contribution >= 0.6 is 11.6 Å². The maximum absolute atomic E-state index is 5.93. The van der Waals surface area contributed by atoms with E-state index in [1.807, 2.05) is 6.07 Å². The summed E-state index contributed by atoms with van der Waals surface area (Å²) in [5.41, 5.74) is 6.97. The van der Waals surface area contributed by atoms with Crippen LogP contribution in [0.4, 0.5) is 11.5 Å². The van der Waals surface area contributed by atoms with Crippen LogP contribution < -0.4 is 10.6 Å². The molecule has 1 aromatic heterocycles. The lowest BCUT2D eigenvalue weighted by Crippen LogP contribution is -2.38. The molecular formula is C13H20ClN3. The number of nitrogens with zero attached hydrogens (tertiary/aromatic N) is 2. The van der Waals surface area contributed by atoms with Crippen molar-refractivity contribution in [3.8, 4) is 0 Å². The summed E-state index contributed by atoms with van der Waals surface area (Å²) in [6, 6.07) is 3.59. The standard InChI is InChI=1S/C13H20ClN3/c1-3-13(2)4-6-17(7-5-13)12-9-10(15)8-11(14)16-12/h8-9H,3-7H2,1-2H3,(H2,15,16). The predicted molar refractivity (Wildman–Crippen MR) is 73.5 cm³/mol. The Hall–Kier alpha value is -0.960. The number of hydrogen-bond donors (Lipinski definition) is 1. The van der Waals surface area contributed by atoms with Crippen molar-refractivity contribution in [3.05, 3.63) is 17.3 Å². The number of rotatable bonds is 2. The molecule has 0 bridgehead atoms. The molecule has 0 radical (unpaired) electrons. The molecular weight excluding hydrogens is 234 g/mol. The third-order valence-electron chi connectivity index (χ3n) is 3.95. The highest BCUT2D eigenvalue weighted by Gasteiger charge is 2.28. The van der Waals surface area contributed by atoms with Gasteiger partial charge in [-0.3, -0.25) is 0 Å². The van der Waals surface area contributed by atoms with Gasteiger partial charge in [0.25, 0.3) is 0 Å². The van der Waals surface area contributed by atoms with Crippen molar-refractivity contribution in [3.63, 3.8) is 0 Å². The van der Waals surface area contributed by atoms with Gasteiger partial charge in [0.15, 0.2) is 0 Å². The normalized spacial score (nSPS) is 19.4. The molecule has 1 saturated heterocycles. The topological polar surface area (TPSA) is 42.1 Å². The molecule has 1 aromatic rings. The zero-order chi connectivity index (χ0) is 12.5. The number of anilines is 2. The fourth-order valence-electron chi connectivity index (χ4n) is 2.29. The van der Waals surface area contributed by atoms with Gasteiger partial charge in [-0.2, -0.15) is 0 Å². The highest BCUT2D eigenvalue weighted by molar-refractivity contribution is 6.29. The Morgan fingerprint density at radius 2 is 2.06 bits per heavy atom. The number of halogens is 1. The molecule has 0 unspecified atom stereocenters. The molecule has 3 nitrogen and oxygen atoms in total. The Morgan fingerprint density at radius 1 is 1.41 bits per heavy atom. The first-order valence-electron chi connectivity index (χ1n) is 6.20. The van der Waals surface area contributed by atoms with E-state index in [4.69, 9.17) is 17.3 Å². The van der Waals surface area contributed by atoms with Crippen LogP contribution in [0, 0.1) is 5.41 Å². The van der Waals surface area contributed by atoms with Crippen LogP contribution in [0.1, 0.15) is 33.1 Å². The van der Waals surface area contributed by atoms with Crippen LogP contribution in [0.2, 0.25) is 5.15 Å². The Kier molecular flexibility index (Phi) is 3.48. The average Bonchev–Trinajstić information content (AvgIpc) is 2.29. The maximum atomic E-state index is 5.93. The highest BCUT2D eigenvalue weighted by atomic mass is 35.5. The third kappa shape index (κ3) is 2.83. The first kappa shape index (κ1) is 12.5. The number of nitrogens with two attached hydrogens (primary N) is 1. The van der Waals surface area contributed by atoms with Gasteiger partial charge in [0.05, 0.1) is 0 Å². The fourth-order valence-corrected chi connectivity index (χ4v) is 2.51. The molecule has 0 aliphatic carbocycles. The Bertz CT molecular complexity index is 377. The first-order chi connectivity index (χ1) is 8.02. The van der Waals surface area contributed by atoms with Gasteiger partial charge < -0.3 is 10.6 Å². The number of nitrogen functional groups attached to an aromatic ring is 1. The van der Waals surface area contributed by atoms with Crippen molar-refractivity contribution >= 4 is 23.1 Å². The SMILES string of the molecule is CCC1(C)CCN(c2cc(N)cc(Cl)n2)CC1. The average molecular weight is 254 g/mol. The van der Waals surface area contributed by atoms with Gasteiger partial charge in [0.2, 0.25) is 0 Å². The molecule has 0 saturated carbocycles. The lowest BCUT2D eigenvalue weighted by Gasteiger charge is -2.39. The molecule has 1 fully saturated rings. The summed E-state index contributed by atoms with van der Waals surface area (Å²) in [4.78, 5) is 6.62. The lowest BCUT2D eigenvalue weighted by molar-refractivity contribution is 0.238. The van der Waals surface area contributed by atoms with Crippen molar-refractivity contribution < 1.29 is 0 Å². The maximum Gasteiger partial charge on any atom is 0.133 e. The summed E-state index contributed by atoms with van der Waals surface area (Å²) in [7, 11) is 0. The van der Waals surface area contributed by atoms with Crippen molar-refractivity contribution in [2.75, 3.05) is 23.7 Å². The Labute approximate surface area is 108 Å². The second-order valence-corrected chi connectivity index (χ2v) is 5.62. The summed E-state index contributed by atoms with van der Waals surface area (Å²) >= 11 is 5.93. The van der Waals surface area contributed by atoms with Crippen LogP contribution in [-0.2, 0) is 0 Å².